The number of aliphatic hydroxyl groups excluding tert-OH is 1. The van der Waals surface area contributed by atoms with Gasteiger partial charge in [-0.3, -0.25) is 4.79 Å². The van der Waals surface area contributed by atoms with Crippen molar-refractivity contribution in [2.24, 2.45) is 5.41 Å². The lowest BCUT2D eigenvalue weighted by atomic mass is 9.89. The topological polar surface area (TPSA) is 46.5 Å². The summed E-state index contributed by atoms with van der Waals surface area (Å²) >= 11 is 0. The number of rotatable bonds is 3. The van der Waals surface area contributed by atoms with Crippen molar-refractivity contribution in [3.8, 4) is 11.8 Å². The van der Waals surface area contributed by atoms with Gasteiger partial charge in [-0.2, -0.15) is 0 Å². The van der Waals surface area contributed by atoms with Gasteiger partial charge in [0.1, 0.15) is 6.10 Å². The maximum atomic E-state index is 11.1. The van der Waals surface area contributed by atoms with E-state index < -0.39 is 18.2 Å². The first-order valence-corrected chi connectivity index (χ1v) is 6.69. The van der Waals surface area contributed by atoms with Gasteiger partial charge in [-0.15, -0.1) is 0 Å². The normalized spacial score (nSPS) is 13.8. The average Bonchev–Trinajstić information content (AvgIpc) is 2.33. The summed E-state index contributed by atoms with van der Waals surface area (Å²) < 4.78 is 5.19. The summed E-state index contributed by atoms with van der Waals surface area (Å²) in [6, 6.07) is 9.30. The maximum absolute atomic E-state index is 11.1. The first-order chi connectivity index (χ1) is 9.28. The quantitative estimate of drug-likeness (QED) is 0.680. The molecule has 20 heavy (non-hydrogen) atoms. The standard InChI is InChI=1S/C17H22O3/c1-13(18)20-16(14-8-6-5-7-9-14)11-10-15(19)12-17(2,3)4/h5-9,15-16,19H,12H2,1-4H3/t15-,16-/m1/s1. The van der Waals surface area contributed by atoms with Crippen LogP contribution in [0.3, 0.4) is 0 Å². The van der Waals surface area contributed by atoms with Crippen molar-refractivity contribution in [2.75, 3.05) is 0 Å². The second-order valence-electron chi connectivity index (χ2n) is 5.97. The van der Waals surface area contributed by atoms with Gasteiger partial charge in [0.25, 0.3) is 0 Å². The Hall–Kier alpha value is -1.79. The van der Waals surface area contributed by atoms with Crippen LogP contribution in [0.15, 0.2) is 30.3 Å². The molecule has 0 radical (unpaired) electrons. The van der Waals surface area contributed by atoms with Crippen LogP contribution in [-0.2, 0) is 9.53 Å². The van der Waals surface area contributed by atoms with Crippen LogP contribution in [0.2, 0.25) is 0 Å². The van der Waals surface area contributed by atoms with Gasteiger partial charge in [-0.05, 0) is 11.8 Å². The molecule has 1 rings (SSSR count). The zero-order valence-electron chi connectivity index (χ0n) is 12.5. The predicted molar refractivity (Wildman–Crippen MR) is 78.8 cm³/mol. The highest BCUT2D eigenvalue weighted by molar-refractivity contribution is 5.66. The Morgan fingerprint density at radius 1 is 1.25 bits per heavy atom. The van der Waals surface area contributed by atoms with Crippen LogP contribution in [0.1, 0.15) is 45.8 Å². The van der Waals surface area contributed by atoms with Crippen LogP contribution in [0.25, 0.3) is 0 Å². The molecule has 0 amide bonds. The third-order valence-corrected chi connectivity index (χ3v) is 2.57. The Morgan fingerprint density at radius 3 is 2.35 bits per heavy atom. The minimum atomic E-state index is -0.725. The fourth-order valence-electron chi connectivity index (χ4n) is 1.78. The Morgan fingerprint density at radius 2 is 1.85 bits per heavy atom. The Kier molecular flexibility index (Phi) is 5.79. The summed E-state index contributed by atoms with van der Waals surface area (Å²) in [4.78, 5) is 11.1. The molecule has 0 heterocycles. The van der Waals surface area contributed by atoms with Crippen molar-refractivity contribution < 1.29 is 14.6 Å². The molecule has 0 saturated carbocycles. The maximum Gasteiger partial charge on any atom is 0.304 e. The highest BCUT2D eigenvalue weighted by atomic mass is 16.5. The lowest BCUT2D eigenvalue weighted by molar-refractivity contribution is -0.144. The predicted octanol–water partition coefficient (Wildman–Crippen LogP) is 3.09. The monoisotopic (exact) mass is 274 g/mol. The number of ether oxygens (including phenoxy) is 1. The molecule has 0 bridgehead atoms. The Labute approximate surface area is 121 Å². The van der Waals surface area contributed by atoms with Gasteiger partial charge in [0.15, 0.2) is 6.10 Å². The molecule has 3 nitrogen and oxygen atoms in total. The molecule has 1 aromatic carbocycles. The third-order valence-electron chi connectivity index (χ3n) is 2.57. The number of hydrogen-bond acceptors (Lipinski definition) is 3. The third kappa shape index (κ3) is 6.40. The Bertz CT molecular complexity index is 488. The first kappa shape index (κ1) is 16.3. The number of carbonyl (C=O) groups excluding carboxylic acids is 1. The number of benzene rings is 1. The van der Waals surface area contributed by atoms with Crippen molar-refractivity contribution >= 4 is 5.97 Å². The van der Waals surface area contributed by atoms with Gasteiger partial charge in [-0.1, -0.05) is 62.9 Å². The van der Waals surface area contributed by atoms with E-state index in [-0.39, 0.29) is 5.41 Å². The van der Waals surface area contributed by atoms with E-state index in [1.54, 1.807) is 0 Å². The van der Waals surface area contributed by atoms with E-state index in [1.165, 1.54) is 6.92 Å². The van der Waals surface area contributed by atoms with E-state index in [4.69, 9.17) is 4.74 Å². The van der Waals surface area contributed by atoms with Gasteiger partial charge in [-0.25, -0.2) is 0 Å². The van der Waals surface area contributed by atoms with Crippen molar-refractivity contribution in [3.05, 3.63) is 35.9 Å². The SMILES string of the molecule is CC(=O)O[C@H](C#C[C@@H](O)CC(C)(C)C)c1ccccc1. The van der Waals surface area contributed by atoms with E-state index in [1.807, 2.05) is 51.1 Å². The van der Waals surface area contributed by atoms with E-state index in [2.05, 4.69) is 11.8 Å². The van der Waals surface area contributed by atoms with Gasteiger partial charge >= 0.3 is 5.97 Å². The largest absolute Gasteiger partial charge is 0.444 e. The zero-order valence-corrected chi connectivity index (χ0v) is 12.5. The van der Waals surface area contributed by atoms with E-state index in [0.717, 1.165) is 5.56 Å². The summed E-state index contributed by atoms with van der Waals surface area (Å²) in [5, 5.41) is 9.90. The molecule has 1 N–H and O–H groups in total. The second-order valence-corrected chi connectivity index (χ2v) is 5.97. The molecular formula is C17H22O3. The molecule has 0 fully saturated rings. The second kappa shape index (κ2) is 7.12. The summed E-state index contributed by atoms with van der Waals surface area (Å²) in [7, 11) is 0. The smallest absolute Gasteiger partial charge is 0.304 e. The summed E-state index contributed by atoms with van der Waals surface area (Å²) in [5.41, 5.74) is 0.802. The van der Waals surface area contributed by atoms with Crippen LogP contribution in [0.4, 0.5) is 0 Å². The molecule has 0 aliphatic heterocycles. The lowest BCUT2D eigenvalue weighted by Gasteiger charge is -2.19. The Balaban J connectivity index is 2.84. The van der Waals surface area contributed by atoms with Crippen molar-refractivity contribution in [1.82, 2.24) is 0 Å². The highest BCUT2D eigenvalue weighted by Crippen LogP contribution is 2.21. The summed E-state index contributed by atoms with van der Waals surface area (Å²) in [5.74, 6) is 5.23. The molecule has 0 aliphatic carbocycles. The van der Waals surface area contributed by atoms with Crippen LogP contribution in [0, 0.1) is 17.3 Å². The van der Waals surface area contributed by atoms with Crippen molar-refractivity contribution in [2.45, 2.75) is 46.3 Å². The van der Waals surface area contributed by atoms with Crippen LogP contribution in [0.5, 0.6) is 0 Å². The number of hydrogen-bond donors (Lipinski definition) is 1. The van der Waals surface area contributed by atoms with E-state index in [0.29, 0.717) is 6.42 Å². The molecule has 0 saturated heterocycles. The van der Waals surface area contributed by atoms with Crippen LogP contribution < -0.4 is 0 Å². The molecule has 0 aromatic heterocycles. The van der Waals surface area contributed by atoms with Gasteiger partial charge < -0.3 is 9.84 Å². The van der Waals surface area contributed by atoms with Gasteiger partial charge in [0, 0.05) is 12.5 Å². The molecule has 3 heteroatoms. The lowest BCUT2D eigenvalue weighted by Crippen LogP contribution is -2.16. The molecule has 0 unspecified atom stereocenters. The fraction of sp³-hybridized carbons (Fsp3) is 0.471. The van der Waals surface area contributed by atoms with Crippen molar-refractivity contribution in [3.63, 3.8) is 0 Å². The zero-order chi connectivity index (χ0) is 15.2. The molecule has 2 atom stereocenters. The minimum Gasteiger partial charge on any atom is -0.444 e. The minimum absolute atomic E-state index is 0.00221. The number of aliphatic hydroxyl groups is 1. The highest BCUT2D eigenvalue weighted by Gasteiger charge is 2.16. The van der Waals surface area contributed by atoms with E-state index >= 15 is 0 Å². The molecule has 1 aromatic rings. The van der Waals surface area contributed by atoms with Crippen molar-refractivity contribution in [1.29, 1.82) is 0 Å². The van der Waals surface area contributed by atoms with E-state index in [9.17, 15) is 9.90 Å². The van der Waals surface area contributed by atoms with Gasteiger partial charge in [0.2, 0.25) is 0 Å². The van der Waals surface area contributed by atoms with Crippen LogP contribution in [-0.4, -0.2) is 17.2 Å². The number of esters is 1. The summed E-state index contributed by atoms with van der Waals surface area (Å²) in [6.45, 7) is 7.47. The number of carbonyl (C=O) groups is 1. The summed E-state index contributed by atoms with van der Waals surface area (Å²) in [6.07, 6.45) is -0.790. The molecule has 0 spiro atoms. The fourth-order valence-corrected chi connectivity index (χ4v) is 1.78. The molecule has 0 aliphatic rings. The van der Waals surface area contributed by atoms with Gasteiger partial charge in [0.05, 0.1) is 0 Å². The van der Waals surface area contributed by atoms with Crippen LogP contribution >= 0.6 is 0 Å². The first-order valence-electron chi connectivity index (χ1n) is 6.69. The molecule has 108 valence electrons. The molecular weight excluding hydrogens is 252 g/mol. The average molecular weight is 274 g/mol.